The maximum absolute atomic E-state index is 12.9. The highest BCUT2D eigenvalue weighted by molar-refractivity contribution is 5.96. The molecule has 1 fully saturated rings. The third-order valence-electron chi connectivity index (χ3n) is 4.26. The Morgan fingerprint density at radius 1 is 1.43 bits per heavy atom. The van der Waals surface area contributed by atoms with Crippen LogP contribution < -0.4 is 11.3 Å². The number of carbonyl (C=O) groups is 1. The first-order chi connectivity index (χ1) is 10.1. The van der Waals surface area contributed by atoms with Gasteiger partial charge in [-0.15, -0.1) is 0 Å². The molecule has 1 unspecified atom stereocenters. The van der Waals surface area contributed by atoms with Gasteiger partial charge in [0.05, 0.1) is 0 Å². The second kappa shape index (κ2) is 6.91. The highest BCUT2D eigenvalue weighted by Gasteiger charge is 2.27. The molecule has 116 valence electrons. The molecular formula is C16H26N4O. The van der Waals surface area contributed by atoms with Crippen molar-refractivity contribution in [3.8, 4) is 0 Å². The normalized spacial score (nSPS) is 20.2. The Morgan fingerprint density at radius 3 is 2.81 bits per heavy atom. The Bertz CT molecular complexity index is 503. The smallest absolute Gasteiger partial charge is 0.254 e. The molecule has 5 heteroatoms. The van der Waals surface area contributed by atoms with Gasteiger partial charge in [-0.05, 0) is 57.1 Å². The van der Waals surface area contributed by atoms with Crippen LogP contribution in [0, 0.1) is 6.92 Å². The number of anilines is 1. The molecule has 0 spiro atoms. The SMILES string of the molecule is CCC1CN(C)CCCN1C(=O)c1ccc(NN)cc1C. The van der Waals surface area contributed by atoms with Gasteiger partial charge in [-0.2, -0.15) is 0 Å². The molecule has 2 rings (SSSR count). The van der Waals surface area contributed by atoms with E-state index in [1.807, 2.05) is 30.0 Å². The van der Waals surface area contributed by atoms with Gasteiger partial charge in [0.15, 0.2) is 0 Å². The van der Waals surface area contributed by atoms with Crippen molar-refractivity contribution < 1.29 is 4.79 Å². The number of nitrogen functional groups attached to an aromatic ring is 1. The molecule has 1 aliphatic heterocycles. The number of nitrogens with zero attached hydrogens (tertiary/aromatic N) is 2. The van der Waals surface area contributed by atoms with Gasteiger partial charge >= 0.3 is 0 Å². The van der Waals surface area contributed by atoms with E-state index in [0.29, 0.717) is 0 Å². The Kier molecular flexibility index (Phi) is 5.20. The van der Waals surface area contributed by atoms with Crippen molar-refractivity contribution in [3.63, 3.8) is 0 Å². The molecular weight excluding hydrogens is 264 g/mol. The van der Waals surface area contributed by atoms with Crippen molar-refractivity contribution in [2.75, 3.05) is 32.1 Å². The number of carbonyl (C=O) groups excluding carboxylic acids is 1. The second-order valence-corrected chi connectivity index (χ2v) is 5.85. The predicted molar refractivity (Wildman–Crippen MR) is 86.2 cm³/mol. The number of likely N-dealkylation sites (N-methyl/N-ethyl adjacent to an activating group) is 1. The van der Waals surface area contributed by atoms with Crippen LogP contribution in [0.15, 0.2) is 18.2 Å². The summed E-state index contributed by atoms with van der Waals surface area (Å²) in [5.74, 6) is 5.55. The minimum atomic E-state index is 0.137. The molecule has 1 aromatic carbocycles. The van der Waals surface area contributed by atoms with Crippen LogP contribution in [0.25, 0.3) is 0 Å². The summed E-state index contributed by atoms with van der Waals surface area (Å²) in [5, 5.41) is 0. The fraction of sp³-hybridized carbons (Fsp3) is 0.562. The number of nitrogens with two attached hydrogens (primary N) is 1. The van der Waals surface area contributed by atoms with E-state index < -0.39 is 0 Å². The van der Waals surface area contributed by atoms with E-state index in [-0.39, 0.29) is 11.9 Å². The van der Waals surface area contributed by atoms with Crippen LogP contribution in [0.3, 0.4) is 0 Å². The second-order valence-electron chi connectivity index (χ2n) is 5.85. The largest absolute Gasteiger partial charge is 0.334 e. The van der Waals surface area contributed by atoms with Gasteiger partial charge in [-0.1, -0.05) is 6.92 Å². The highest BCUT2D eigenvalue weighted by atomic mass is 16.2. The monoisotopic (exact) mass is 290 g/mol. The van der Waals surface area contributed by atoms with Gasteiger partial charge in [0, 0.05) is 30.4 Å². The van der Waals surface area contributed by atoms with E-state index in [4.69, 9.17) is 5.84 Å². The molecule has 0 radical (unpaired) electrons. The lowest BCUT2D eigenvalue weighted by Crippen LogP contribution is -2.43. The minimum Gasteiger partial charge on any atom is -0.334 e. The average Bonchev–Trinajstić information content (AvgIpc) is 2.67. The van der Waals surface area contributed by atoms with Crippen LogP contribution in [-0.4, -0.2) is 48.4 Å². The van der Waals surface area contributed by atoms with Crippen LogP contribution in [0.5, 0.6) is 0 Å². The van der Waals surface area contributed by atoms with E-state index in [9.17, 15) is 4.79 Å². The van der Waals surface area contributed by atoms with E-state index in [2.05, 4.69) is 24.3 Å². The first-order valence-electron chi connectivity index (χ1n) is 7.63. The standard InChI is InChI=1S/C16H26N4O/c1-4-14-11-19(3)8-5-9-20(14)16(21)15-7-6-13(18-17)10-12(15)2/h6-7,10,14,18H,4-5,8-9,11,17H2,1-3H3. The number of hydrogen-bond acceptors (Lipinski definition) is 4. The molecule has 1 saturated heterocycles. The van der Waals surface area contributed by atoms with Crippen molar-refractivity contribution >= 4 is 11.6 Å². The number of aryl methyl sites for hydroxylation is 1. The molecule has 21 heavy (non-hydrogen) atoms. The lowest BCUT2D eigenvalue weighted by Gasteiger charge is -2.30. The fourth-order valence-corrected chi connectivity index (χ4v) is 3.01. The lowest BCUT2D eigenvalue weighted by molar-refractivity contribution is 0.0675. The van der Waals surface area contributed by atoms with Crippen LogP contribution in [0.4, 0.5) is 5.69 Å². The molecule has 0 aromatic heterocycles. The van der Waals surface area contributed by atoms with Gasteiger partial charge in [-0.3, -0.25) is 10.6 Å². The summed E-state index contributed by atoms with van der Waals surface area (Å²) < 4.78 is 0. The third-order valence-corrected chi connectivity index (χ3v) is 4.26. The Morgan fingerprint density at radius 2 is 2.19 bits per heavy atom. The van der Waals surface area contributed by atoms with Crippen molar-refractivity contribution in [1.82, 2.24) is 9.80 Å². The molecule has 0 bridgehead atoms. The molecule has 5 nitrogen and oxygen atoms in total. The summed E-state index contributed by atoms with van der Waals surface area (Å²) in [7, 11) is 2.13. The summed E-state index contributed by atoms with van der Waals surface area (Å²) >= 11 is 0. The van der Waals surface area contributed by atoms with E-state index >= 15 is 0 Å². The summed E-state index contributed by atoms with van der Waals surface area (Å²) in [4.78, 5) is 17.3. The van der Waals surface area contributed by atoms with Gasteiger partial charge < -0.3 is 15.2 Å². The van der Waals surface area contributed by atoms with Gasteiger partial charge in [0.2, 0.25) is 0 Å². The van der Waals surface area contributed by atoms with Crippen LogP contribution in [0.2, 0.25) is 0 Å². The highest BCUT2D eigenvalue weighted by Crippen LogP contribution is 2.20. The first kappa shape index (κ1) is 15.8. The van der Waals surface area contributed by atoms with Crippen LogP contribution in [-0.2, 0) is 0 Å². The predicted octanol–water partition coefficient (Wildman–Crippen LogP) is 1.84. The van der Waals surface area contributed by atoms with Gasteiger partial charge in [0.25, 0.3) is 5.91 Å². The molecule has 0 aliphatic carbocycles. The molecule has 1 aromatic rings. The van der Waals surface area contributed by atoms with Crippen LogP contribution in [0.1, 0.15) is 35.7 Å². The molecule has 1 atom stereocenters. The Balaban J connectivity index is 2.24. The van der Waals surface area contributed by atoms with Crippen molar-refractivity contribution in [2.45, 2.75) is 32.7 Å². The van der Waals surface area contributed by atoms with E-state index in [1.54, 1.807) is 0 Å². The molecule has 1 heterocycles. The topological polar surface area (TPSA) is 61.6 Å². The third kappa shape index (κ3) is 3.54. The summed E-state index contributed by atoms with van der Waals surface area (Å²) in [6.07, 6.45) is 2.01. The van der Waals surface area contributed by atoms with Crippen molar-refractivity contribution in [1.29, 1.82) is 0 Å². The molecule has 3 N–H and O–H groups in total. The maximum Gasteiger partial charge on any atom is 0.254 e. The van der Waals surface area contributed by atoms with E-state index in [0.717, 1.165) is 49.3 Å². The first-order valence-corrected chi connectivity index (χ1v) is 7.63. The Labute approximate surface area is 127 Å². The minimum absolute atomic E-state index is 0.137. The van der Waals surface area contributed by atoms with Crippen molar-refractivity contribution in [2.24, 2.45) is 5.84 Å². The summed E-state index contributed by atoms with van der Waals surface area (Å²) in [6, 6.07) is 5.92. The zero-order valence-corrected chi connectivity index (χ0v) is 13.2. The maximum atomic E-state index is 12.9. The fourth-order valence-electron chi connectivity index (χ4n) is 3.01. The molecule has 1 aliphatic rings. The Hall–Kier alpha value is -1.59. The van der Waals surface area contributed by atoms with Crippen molar-refractivity contribution in [3.05, 3.63) is 29.3 Å². The lowest BCUT2D eigenvalue weighted by atomic mass is 10.0. The zero-order valence-electron chi connectivity index (χ0n) is 13.2. The number of rotatable bonds is 3. The quantitative estimate of drug-likeness (QED) is 0.658. The summed E-state index contributed by atoms with van der Waals surface area (Å²) in [6.45, 7) is 6.94. The summed E-state index contributed by atoms with van der Waals surface area (Å²) in [5.41, 5.74) is 5.18. The van der Waals surface area contributed by atoms with Gasteiger partial charge in [0.1, 0.15) is 0 Å². The van der Waals surface area contributed by atoms with Gasteiger partial charge in [-0.25, -0.2) is 0 Å². The number of hydrazine groups is 1. The number of hydrogen-bond donors (Lipinski definition) is 2. The van der Waals surface area contributed by atoms with Crippen LogP contribution >= 0.6 is 0 Å². The number of benzene rings is 1. The van der Waals surface area contributed by atoms with E-state index in [1.165, 1.54) is 0 Å². The molecule has 0 saturated carbocycles. The zero-order chi connectivity index (χ0) is 15.4. The molecule has 1 amide bonds. The number of amides is 1. The average molecular weight is 290 g/mol. The number of nitrogens with one attached hydrogen (secondary N) is 1.